The van der Waals surface area contributed by atoms with Crippen LogP contribution in [0, 0.1) is 10.1 Å². The Morgan fingerprint density at radius 2 is 1.78 bits per heavy atom. The molecule has 0 saturated carbocycles. The number of non-ortho nitro benzene ring substituents is 1. The zero-order valence-corrected chi connectivity index (χ0v) is 15.0. The molecule has 0 spiro atoms. The van der Waals surface area contributed by atoms with Gasteiger partial charge in [0, 0.05) is 30.1 Å². The van der Waals surface area contributed by atoms with Crippen molar-refractivity contribution in [1.29, 1.82) is 0 Å². The summed E-state index contributed by atoms with van der Waals surface area (Å²) in [5, 5.41) is 30.7. The molecular weight excluding hydrogens is 352 g/mol. The van der Waals surface area contributed by atoms with Crippen LogP contribution >= 0.6 is 0 Å². The highest BCUT2D eigenvalue weighted by atomic mass is 16.6. The Morgan fingerprint density at radius 1 is 1.22 bits per heavy atom. The fourth-order valence-corrected chi connectivity index (χ4v) is 3.37. The van der Waals surface area contributed by atoms with Crippen LogP contribution in [-0.4, -0.2) is 38.5 Å². The molecule has 1 aliphatic heterocycles. The third kappa shape index (κ3) is 3.74. The van der Waals surface area contributed by atoms with Gasteiger partial charge < -0.3 is 15.1 Å². The van der Waals surface area contributed by atoms with Gasteiger partial charge in [0.05, 0.1) is 22.0 Å². The molecule has 2 rings (SSSR count). The van der Waals surface area contributed by atoms with E-state index >= 15 is 0 Å². The third-order valence-corrected chi connectivity index (χ3v) is 4.60. The Labute approximate surface area is 155 Å². The number of hydrogen-bond acceptors (Lipinski definition) is 5. The van der Waals surface area contributed by atoms with Crippen LogP contribution in [0.15, 0.2) is 59.5 Å². The van der Waals surface area contributed by atoms with Crippen LogP contribution in [-0.2, 0) is 9.59 Å². The average molecular weight is 372 g/mol. The fraction of sp³-hybridized carbons (Fsp3) is 0.263. The fourth-order valence-electron chi connectivity index (χ4n) is 3.37. The van der Waals surface area contributed by atoms with Crippen molar-refractivity contribution < 1.29 is 24.7 Å². The van der Waals surface area contributed by atoms with Gasteiger partial charge in [-0.15, -0.1) is 6.58 Å². The number of nitro groups is 1. The molecule has 0 amide bonds. The number of carboxylic acids is 2. The molecule has 1 aromatic carbocycles. The number of carboxylic acid groups (broad SMARTS) is 2. The number of carbonyl (C=O) groups is 2. The maximum Gasteiger partial charge on any atom is 0.334 e. The quantitative estimate of drug-likeness (QED) is 0.428. The number of allylic oxidation sites excluding steroid dienone is 2. The van der Waals surface area contributed by atoms with Crippen LogP contribution in [0.2, 0.25) is 0 Å². The highest BCUT2D eigenvalue weighted by Gasteiger charge is 2.39. The van der Waals surface area contributed by atoms with E-state index in [0.29, 0.717) is 24.4 Å². The standard InChI is InChI=1S/C19H20N2O6/c1-4-5-9-20-11(2)15(18(22)23)17(16(12(20)3)19(24)25)13-7-6-8-14(10-13)21(26)27/h4,6-8,10,17H,1,5,9H2,2-3H3,(H,22,23)(H,24,25). The second kappa shape index (κ2) is 7.86. The third-order valence-electron chi connectivity index (χ3n) is 4.60. The van der Waals surface area contributed by atoms with Gasteiger partial charge in [-0.25, -0.2) is 9.59 Å². The van der Waals surface area contributed by atoms with E-state index in [9.17, 15) is 29.9 Å². The lowest BCUT2D eigenvalue weighted by Crippen LogP contribution is -2.34. The normalized spacial score (nSPS) is 15.1. The molecule has 142 valence electrons. The zero-order valence-electron chi connectivity index (χ0n) is 15.0. The SMILES string of the molecule is C=CCCN1C(C)=C(C(=O)O)C(c2cccc([N+](=O)[O-])c2)C(C(=O)O)=C1C. The predicted octanol–water partition coefficient (Wildman–Crippen LogP) is 3.29. The van der Waals surface area contributed by atoms with Crippen LogP contribution in [0.1, 0.15) is 31.7 Å². The number of aliphatic carboxylic acids is 2. The topological polar surface area (TPSA) is 121 Å². The van der Waals surface area contributed by atoms with Crippen LogP contribution in [0.5, 0.6) is 0 Å². The van der Waals surface area contributed by atoms with Gasteiger partial charge in [0.15, 0.2) is 0 Å². The van der Waals surface area contributed by atoms with E-state index in [-0.39, 0.29) is 22.4 Å². The molecule has 8 heteroatoms. The van der Waals surface area contributed by atoms with Crippen molar-refractivity contribution in [1.82, 2.24) is 4.90 Å². The Morgan fingerprint density at radius 3 is 2.22 bits per heavy atom. The van der Waals surface area contributed by atoms with Crippen LogP contribution < -0.4 is 0 Å². The van der Waals surface area contributed by atoms with Gasteiger partial charge in [-0.1, -0.05) is 18.2 Å². The monoisotopic (exact) mass is 372 g/mol. The summed E-state index contributed by atoms with van der Waals surface area (Å²) in [6.07, 6.45) is 2.20. The van der Waals surface area contributed by atoms with Crippen molar-refractivity contribution in [3.63, 3.8) is 0 Å². The summed E-state index contributed by atoms with van der Waals surface area (Å²) in [5.41, 5.74) is 0.615. The molecular formula is C19H20N2O6. The van der Waals surface area contributed by atoms with Crippen molar-refractivity contribution in [3.8, 4) is 0 Å². The highest BCUT2D eigenvalue weighted by molar-refractivity contribution is 5.98. The lowest BCUT2D eigenvalue weighted by Gasteiger charge is -2.36. The first-order valence-electron chi connectivity index (χ1n) is 8.21. The van der Waals surface area contributed by atoms with Crippen molar-refractivity contribution >= 4 is 17.6 Å². The minimum absolute atomic E-state index is 0.109. The Kier molecular flexibility index (Phi) is 5.79. The molecule has 0 atom stereocenters. The van der Waals surface area contributed by atoms with Gasteiger partial charge in [-0.2, -0.15) is 0 Å². The molecule has 0 bridgehead atoms. The van der Waals surface area contributed by atoms with E-state index < -0.39 is 22.8 Å². The maximum atomic E-state index is 12.0. The van der Waals surface area contributed by atoms with Crippen molar-refractivity contribution in [2.45, 2.75) is 26.2 Å². The lowest BCUT2D eigenvalue weighted by molar-refractivity contribution is -0.384. The molecule has 0 radical (unpaired) electrons. The van der Waals surface area contributed by atoms with E-state index in [1.54, 1.807) is 24.8 Å². The summed E-state index contributed by atoms with van der Waals surface area (Å²) in [6.45, 7) is 7.24. The molecule has 0 unspecified atom stereocenters. The van der Waals surface area contributed by atoms with Crippen LogP contribution in [0.3, 0.4) is 0 Å². The Hall–Kier alpha value is -3.42. The average Bonchev–Trinajstić information content (AvgIpc) is 2.60. The number of benzene rings is 1. The second-order valence-corrected chi connectivity index (χ2v) is 6.12. The van der Waals surface area contributed by atoms with E-state index in [2.05, 4.69) is 6.58 Å². The molecule has 0 fully saturated rings. The summed E-state index contributed by atoms with van der Waals surface area (Å²) in [4.78, 5) is 36.2. The molecule has 0 aliphatic carbocycles. The first-order chi connectivity index (χ1) is 12.7. The van der Waals surface area contributed by atoms with E-state index in [1.165, 1.54) is 24.3 Å². The number of nitrogens with zero attached hydrogens (tertiary/aromatic N) is 2. The summed E-state index contributed by atoms with van der Waals surface area (Å²) < 4.78 is 0. The molecule has 8 nitrogen and oxygen atoms in total. The lowest BCUT2D eigenvalue weighted by atomic mass is 9.79. The summed E-state index contributed by atoms with van der Waals surface area (Å²) in [5.74, 6) is -3.64. The smallest absolute Gasteiger partial charge is 0.334 e. The van der Waals surface area contributed by atoms with E-state index in [1.807, 2.05) is 0 Å². The van der Waals surface area contributed by atoms with Crippen molar-refractivity contribution in [3.05, 3.63) is 75.1 Å². The van der Waals surface area contributed by atoms with E-state index in [4.69, 9.17) is 0 Å². The Balaban J connectivity index is 2.75. The summed E-state index contributed by atoms with van der Waals surface area (Å²) in [6, 6.07) is 5.41. The largest absolute Gasteiger partial charge is 0.478 e. The molecule has 1 aromatic rings. The van der Waals surface area contributed by atoms with Crippen molar-refractivity contribution in [2.24, 2.45) is 0 Å². The summed E-state index contributed by atoms with van der Waals surface area (Å²) in [7, 11) is 0. The predicted molar refractivity (Wildman–Crippen MR) is 98.0 cm³/mol. The molecule has 27 heavy (non-hydrogen) atoms. The van der Waals surface area contributed by atoms with Crippen LogP contribution in [0.4, 0.5) is 5.69 Å². The van der Waals surface area contributed by atoms with Gasteiger partial charge in [-0.05, 0) is 25.8 Å². The minimum atomic E-state index is -1.26. The Bertz CT molecular complexity index is 846. The number of nitro benzene ring substituents is 1. The zero-order chi connectivity index (χ0) is 20.3. The van der Waals surface area contributed by atoms with Gasteiger partial charge >= 0.3 is 11.9 Å². The molecule has 1 heterocycles. The molecule has 2 N–H and O–H groups in total. The first kappa shape index (κ1) is 19.9. The molecule has 0 aromatic heterocycles. The molecule has 1 aliphatic rings. The van der Waals surface area contributed by atoms with Crippen molar-refractivity contribution in [2.75, 3.05) is 6.54 Å². The van der Waals surface area contributed by atoms with Gasteiger partial charge in [0.25, 0.3) is 5.69 Å². The van der Waals surface area contributed by atoms with E-state index in [0.717, 1.165) is 0 Å². The second-order valence-electron chi connectivity index (χ2n) is 6.12. The number of hydrogen-bond donors (Lipinski definition) is 2. The maximum absolute atomic E-state index is 12.0. The highest BCUT2D eigenvalue weighted by Crippen LogP contribution is 2.42. The van der Waals surface area contributed by atoms with Crippen LogP contribution in [0.25, 0.3) is 0 Å². The summed E-state index contributed by atoms with van der Waals surface area (Å²) >= 11 is 0. The first-order valence-corrected chi connectivity index (χ1v) is 8.21. The molecule has 0 saturated heterocycles. The minimum Gasteiger partial charge on any atom is -0.478 e. The number of rotatable bonds is 7. The van der Waals surface area contributed by atoms with Gasteiger partial charge in [0.1, 0.15) is 0 Å². The van der Waals surface area contributed by atoms with Gasteiger partial charge in [-0.3, -0.25) is 10.1 Å². The van der Waals surface area contributed by atoms with Gasteiger partial charge in [0.2, 0.25) is 0 Å².